The summed E-state index contributed by atoms with van der Waals surface area (Å²) in [7, 11) is 0. The summed E-state index contributed by atoms with van der Waals surface area (Å²) in [4.78, 5) is 27.1. The van der Waals surface area contributed by atoms with Gasteiger partial charge >= 0.3 is 6.09 Å². The Kier molecular flexibility index (Phi) is 6.56. The molecule has 1 saturated heterocycles. The molecule has 1 fully saturated rings. The van der Waals surface area contributed by atoms with E-state index >= 15 is 0 Å². The SMILES string of the molecule is C=N/C(Cl)=C(/F)c1ncnc(N2CCN(C(=O)OC(C)(C)C)C(C#N)C2)c1C. The molecule has 10 heteroatoms. The van der Waals surface area contributed by atoms with Gasteiger partial charge in [-0.25, -0.2) is 24.1 Å². The van der Waals surface area contributed by atoms with Gasteiger partial charge in [0, 0.05) is 18.7 Å². The molecule has 0 saturated carbocycles. The van der Waals surface area contributed by atoms with E-state index < -0.39 is 28.7 Å². The molecule has 0 spiro atoms. The van der Waals surface area contributed by atoms with E-state index in [0.29, 0.717) is 17.9 Å². The predicted molar refractivity (Wildman–Crippen MR) is 105 cm³/mol. The normalized spacial score (nSPS) is 18.2. The smallest absolute Gasteiger partial charge is 0.411 e. The summed E-state index contributed by atoms with van der Waals surface area (Å²) in [6, 6.07) is 1.38. The van der Waals surface area contributed by atoms with Crippen molar-refractivity contribution in [2.24, 2.45) is 4.99 Å². The van der Waals surface area contributed by atoms with Crippen molar-refractivity contribution in [3.63, 3.8) is 0 Å². The largest absolute Gasteiger partial charge is 0.444 e. The quantitative estimate of drug-likeness (QED) is 0.562. The van der Waals surface area contributed by atoms with Gasteiger partial charge in [0.15, 0.2) is 11.0 Å². The minimum atomic E-state index is -0.804. The monoisotopic (exact) mass is 408 g/mol. The van der Waals surface area contributed by atoms with Gasteiger partial charge in [-0.15, -0.1) is 0 Å². The number of rotatable bonds is 3. The molecule has 2 rings (SSSR count). The Labute approximate surface area is 168 Å². The molecule has 1 aromatic heterocycles. The fourth-order valence-corrected chi connectivity index (χ4v) is 2.86. The fraction of sp³-hybridized carbons (Fsp3) is 0.500. The van der Waals surface area contributed by atoms with Crippen LogP contribution in [0.15, 0.2) is 16.5 Å². The second-order valence-electron chi connectivity index (χ2n) is 7.20. The van der Waals surface area contributed by atoms with E-state index in [1.54, 1.807) is 32.6 Å². The third kappa shape index (κ3) is 4.75. The van der Waals surface area contributed by atoms with Gasteiger partial charge in [-0.1, -0.05) is 11.6 Å². The molecule has 2 heterocycles. The van der Waals surface area contributed by atoms with Crippen LogP contribution < -0.4 is 4.90 Å². The topological polar surface area (TPSA) is 94.7 Å². The molecule has 1 amide bonds. The number of anilines is 1. The number of halogens is 2. The second-order valence-corrected chi connectivity index (χ2v) is 7.56. The Morgan fingerprint density at radius 3 is 2.71 bits per heavy atom. The van der Waals surface area contributed by atoms with Crippen LogP contribution in [0.25, 0.3) is 5.83 Å². The van der Waals surface area contributed by atoms with Crippen molar-refractivity contribution in [2.75, 3.05) is 24.5 Å². The summed E-state index contributed by atoms with van der Waals surface area (Å²) in [5.74, 6) is -0.347. The first-order valence-electron chi connectivity index (χ1n) is 8.57. The van der Waals surface area contributed by atoms with Gasteiger partial charge in [0.1, 0.15) is 29.5 Å². The molecule has 8 nitrogen and oxygen atoms in total. The van der Waals surface area contributed by atoms with Gasteiger partial charge in [0.25, 0.3) is 0 Å². The molecule has 0 aromatic carbocycles. The molecule has 1 aliphatic heterocycles. The average Bonchev–Trinajstić information content (AvgIpc) is 2.65. The highest BCUT2D eigenvalue weighted by Gasteiger charge is 2.34. The van der Waals surface area contributed by atoms with Crippen LogP contribution in [0, 0.1) is 18.3 Å². The molecular formula is C18H22ClFN6O2. The first-order valence-corrected chi connectivity index (χ1v) is 8.95. The van der Waals surface area contributed by atoms with E-state index in [2.05, 4.69) is 27.7 Å². The van der Waals surface area contributed by atoms with Crippen molar-refractivity contribution >= 4 is 36.1 Å². The number of ether oxygens (including phenoxy) is 1. The highest BCUT2D eigenvalue weighted by Crippen LogP contribution is 2.29. The van der Waals surface area contributed by atoms with Gasteiger partial charge < -0.3 is 9.64 Å². The fourth-order valence-electron chi connectivity index (χ4n) is 2.77. The maximum Gasteiger partial charge on any atom is 0.411 e. The van der Waals surface area contributed by atoms with E-state index in [9.17, 15) is 14.4 Å². The standard InChI is InChI=1S/C18H22ClFN6O2/c1-11-14(13(20)15(19)22-5)23-10-24-16(11)25-6-7-26(12(8-21)9-25)17(27)28-18(2,3)4/h10,12H,5-7,9H2,1-4H3/b15-13+. The van der Waals surface area contributed by atoms with Gasteiger partial charge in [0.05, 0.1) is 12.6 Å². The zero-order chi connectivity index (χ0) is 21.1. The highest BCUT2D eigenvalue weighted by atomic mass is 35.5. The van der Waals surface area contributed by atoms with E-state index in [4.69, 9.17) is 16.3 Å². The number of nitriles is 1. The lowest BCUT2D eigenvalue weighted by Gasteiger charge is -2.39. The second kappa shape index (κ2) is 8.52. The summed E-state index contributed by atoms with van der Waals surface area (Å²) in [6.45, 7) is 11.0. The van der Waals surface area contributed by atoms with Crippen LogP contribution in [0.3, 0.4) is 0 Å². The van der Waals surface area contributed by atoms with Crippen molar-refractivity contribution in [3.05, 3.63) is 22.7 Å². The van der Waals surface area contributed by atoms with Gasteiger partial charge in [-0.2, -0.15) is 5.26 Å². The lowest BCUT2D eigenvalue weighted by atomic mass is 10.1. The van der Waals surface area contributed by atoms with Crippen molar-refractivity contribution in [1.82, 2.24) is 14.9 Å². The summed E-state index contributed by atoms with van der Waals surface area (Å²) in [5, 5.41) is 9.14. The lowest BCUT2D eigenvalue weighted by Crippen LogP contribution is -2.56. The van der Waals surface area contributed by atoms with Crippen LogP contribution in [0.5, 0.6) is 0 Å². The Morgan fingerprint density at radius 2 is 2.14 bits per heavy atom. The zero-order valence-corrected chi connectivity index (χ0v) is 17.0. The molecule has 0 N–H and O–H groups in total. The number of aliphatic imine (C=N–C) groups is 1. The third-order valence-corrected chi connectivity index (χ3v) is 4.33. The number of carbonyl (C=O) groups is 1. The Balaban J connectivity index is 2.27. The van der Waals surface area contributed by atoms with Crippen LogP contribution in [0.4, 0.5) is 15.0 Å². The zero-order valence-electron chi connectivity index (χ0n) is 16.2. The van der Waals surface area contributed by atoms with Crippen molar-refractivity contribution in [3.8, 4) is 6.07 Å². The number of hydrogen-bond donors (Lipinski definition) is 0. The Morgan fingerprint density at radius 1 is 1.46 bits per heavy atom. The van der Waals surface area contributed by atoms with Crippen LogP contribution in [-0.4, -0.2) is 59.0 Å². The predicted octanol–water partition coefficient (Wildman–Crippen LogP) is 3.27. The van der Waals surface area contributed by atoms with Crippen LogP contribution in [0.1, 0.15) is 32.0 Å². The number of nitrogens with zero attached hydrogens (tertiary/aromatic N) is 6. The molecule has 1 aromatic rings. The van der Waals surface area contributed by atoms with E-state index in [0.717, 1.165) is 0 Å². The third-order valence-electron chi connectivity index (χ3n) is 4.04. The Hall–Kier alpha value is -2.73. The number of piperazine rings is 1. The van der Waals surface area contributed by atoms with Crippen molar-refractivity contribution in [1.29, 1.82) is 5.26 Å². The summed E-state index contributed by atoms with van der Waals surface area (Å²) in [5.41, 5.74) is -0.205. The van der Waals surface area contributed by atoms with Crippen molar-refractivity contribution in [2.45, 2.75) is 39.3 Å². The summed E-state index contributed by atoms with van der Waals surface area (Å²) >= 11 is 5.71. The maximum absolute atomic E-state index is 14.4. The van der Waals surface area contributed by atoms with Gasteiger partial charge in [-0.05, 0) is 34.4 Å². The van der Waals surface area contributed by atoms with E-state index in [1.165, 1.54) is 11.2 Å². The molecule has 0 radical (unpaired) electrons. The van der Waals surface area contributed by atoms with Gasteiger partial charge in [-0.3, -0.25) is 4.90 Å². The van der Waals surface area contributed by atoms with Crippen LogP contribution in [0.2, 0.25) is 0 Å². The lowest BCUT2D eigenvalue weighted by molar-refractivity contribution is 0.0189. The first-order chi connectivity index (χ1) is 13.1. The van der Waals surface area contributed by atoms with E-state index in [-0.39, 0.29) is 18.8 Å². The van der Waals surface area contributed by atoms with E-state index in [1.807, 2.05) is 0 Å². The molecular weight excluding hydrogens is 387 g/mol. The highest BCUT2D eigenvalue weighted by molar-refractivity contribution is 6.32. The summed E-state index contributed by atoms with van der Waals surface area (Å²) in [6.07, 6.45) is 0.670. The molecule has 1 atom stereocenters. The molecule has 1 aliphatic rings. The van der Waals surface area contributed by atoms with Crippen molar-refractivity contribution < 1.29 is 13.9 Å². The minimum absolute atomic E-state index is 0.00507. The average molecular weight is 409 g/mol. The Bertz CT molecular complexity index is 845. The number of amides is 1. The molecule has 28 heavy (non-hydrogen) atoms. The number of hydrogen-bond acceptors (Lipinski definition) is 7. The number of aromatic nitrogens is 2. The molecule has 1 unspecified atom stereocenters. The molecule has 0 aliphatic carbocycles. The number of carbonyl (C=O) groups excluding carboxylic acids is 1. The minimum Gasteiger partial charge on any atom is -0.444 e. The maximum atomic E-state index is 14.4. The van der Waals surface area contributed by atoms with Crippen LogP contribution in [-0.2, 0) is 4.74 Å². The first kappa shape index (κ1) is 21.6. The molecule has 150 valence electrons. The van der Waals surface area contributed by atoms with Crippen LogP contribution >= 0.6 is 11.6 Å². The molecule has 0 bridgehead atoms. The van der Waals surface area contributed by atoms with Gasteiger partial charge in [0.2, 0.25) is 0 Å². The summed E-state index contributed by atoms with van der Waals surface area (Å²) < 4.78 is 19.8.